The number of carbonyl (C=O) groups excluding carboxylic acids is 1. The van der Waals surface area contributed by atoms with Crippen LogP contribution < -0.4 is 15.4 Å². The summed E-state index contributed by atoms with van der Waals surface area (Å²) < 4.78 is 2.22. The normalized spacial score (nSPS) is 17.3. The Hall–Kier alpha value is -3.87. The van der Waals surface area contributed by atoms with Crippen molar-refractivity contribution in [1.29, 1.82) is 5.26 Å². The molecule has 1 unspecified atom stereocenters. The Bertz CT molecular complexity index is 1590. The van der Waals surface area contributed by atoms with Gasteiger partial charge in [0.25, 0.3) is 11.5 Å². The minimum atomic E-state index is -0.283. The molecular formula is C32H33N5O2S2. The number of para-hydroxylation sites is 1. The van der Waals surface area contributed by atoms with Crippen LogP contribution in [0.15, 0.2) is 70.4 Å². The quantitative estimate of drug-likeness (QED) is 0.260. The summed E-state index contributed by atoms with van der Waals surface area (Å²) >= 11 is 6.95. The van der Waals surface area contributed by atoms with Crippen molar-refractivity contribution >= 4 is 51.8 Å². The second-order valence-corrected chi connectivity index (χ2v) is 11.9. The van der Waals surface area contributed by atoms with Gasteiger partial charge in [-0.3, -0.25) is 19.1 Å². The lowest BCUT2D eigenvalue weighted by Crippen LogP contribution is -2.48. The van der Waals surface area contributed by atoms with Gasteiger partial charge in [0.1, 0.15) is 21.8 Å². The highest BCUT2D eigenvalue weighted by molar-refractivity contribution is 8.26. The van der Waals surface area contributed by atoms with E-state index in [1.807, 2.05) is 68.5 Å². The lowest BCUT2D eigenvalue weighted by atomic mass is 10.0. The molecule has 9 heteroatoms. The second-order valence-electron chi connectivity index (χ2n) is 10.3. The molecule has 0 radical (unpaired) electrons. The number of amides is 1. The minimum Gasteiger partial charge on any atom is -0.368 e. The molecule has 2 aliphatic heterocycles. The molecule has 3 heterocycles. The molecule has 0 spiro atoms. The first-order valence-corrected chi connectivity index (χ1v) is 15.1. The Morgan fingerprint density at radius 1 is 1.00 bits per heavy atom. The number of pyridine rings is 1. The van der Waals surface area contributed by atoms with Crippen molar-refractivity contribution in [2.24, 2.45) is 0 Å². The van der Waals surface area contributed by atoms with E-state index >= 15 is 0 Å². The molecule has 1 aromatic heterocycles. The van der Waals surface area contributed by atoms with Crippen molar-refractivity contribution in [3.63, 3.8) is 0 Å². The number of piperazine rings is 1. The van der Waals surface area contributed by atoms with E-state index in [-0.39, 0.29) is 23.1 Å². The van der Waals surface area contributed by atoms with Gasteiger partial charge in [0.15, 0.2) is 0 Å². The van der Waals surface area contributed by atoms with Crippen LogP contribution in [-0.2, 0) is 11.3 Å². The van der Waals surface area contributed by atoms with E-state index in [1.165, 1.54) is 17.4 Å². The van der Waals surface area contributed by atoms with Crippen molar-refractivity contribution in [3.8, 4) is 6.07 Å². The van der Waals surface area contributed by atoms with Crippen LogP contribution in [0, 0.1) is 18.3 Å². The van der Waals surface area contributed by atoms with Gasteiger partial charge in [-0.25, -0.2) is 0 Å². The molecule has 3 aromatic rings. The van der Waals surface area contributed by atoms with Crippen LogP contribution in [0.25, 0.3) is 6.08 Å². The monoisotopic (exact) mass is 583 g/mol. The number of anilines is 2. The highest BCUT2D eigenvalue weighted by Gasteiger charge is 2.37. The van der Waals surface area contributed by atoms with Gasteiger partial charge in [-0.2, -0.15) is 5.26 Å². The third-order valence-electron chi connectivity index (χ3n) is 7.76. The van der Waals surface area contributed by atoms with Crippen molar-refractivity contribution < 1.29 is 4.79 Å². The molecule has 2 saturated heterocycles. The first-order chi connectivity index (χ1) is 19.8. The summed E-state index contributed by atoms with van der Waals surface area (Å²) in [5, 5.41) is 9.97. The standard InChI is InChI=1S/C32H33N5O2S2/c1-4-15-36-29(35-18-16-34(17-19-35)25-13-9-6-10-14-25)26(22(2)27(21-33)30(36)38)20-28-31(39)37(32(40)41-28)23(3)24-11-7-5-8-12-24/h5-14,20,23H,4,15-19H2,1-3H3/b28-20-. The number of thioether (sulfide) groups is 1. The number of thiocarbonyl (C=S) groups is 1. The number of carbonyl (C=O) groups is 1. The zero-order valence-corrected chi connectivity index (χ0v) is 25.2. The van der Waals surface area contributed by atoms with E-state index in [0.29, 0.717) is 34.4 Å². The third-order valence-corrected chi connectivity index (χ3v) is 9.09. The molecule has 41 heavy (non-hydrogen) atoms. The third kappa shape index (κ3) is 5.54. The molecule has 210 valence electrons. The average molecular weight is 584 g/mol. The minimum absolute atomic E-state index is 0.115. The Labute approximate surface area is 250 Å². The van der Waals surface area contributed by atoms with E-state index in [2.05, 4.69) is 28.0 Å². The fraction of sp³-hybridized carbons (Fsp3) is 0.312. The maximum atomic E-state index is 13.8. The molecule has 2 fully saturated rings. The van der Waals surface area contributed by atoms with Crippen molar-refractivity contribution in [2.45, 2.75) is 39.8 Å². The van der Waals surface area contributed by atoms with Crippen LogP contribution in [0.3, 0.4) is 0 Å². The number of aromatic nitrogens is 1. The molecular weight excluding hydrogens is 551 g/mol. The molecule has 0 aliphatic carbocycles. The Balaban J connectivity index is 1.56. The number of hydrogen-bond acceptors (Lipinski definition) is 7. The highest BCUT2D eigenvalue weighted by atomic mass is 32.2. The molecule has 7 nitrogen and oxygen atoms in total. The number of hydrogen-bond donors (Lipinski definition) is 0. The van der Waals surface area contributed by atoms with Crippen LogP contribution in [-0.4, -0.2) is 45.9 Å². The Morgan fingerprint density at radius 3 is 2.22 bits per heavy atom. The van der Waals surface area contributed by atoms with Crippen molar-refractivity contribution in [1.82, 2.24) is 9.47 Å². The topological polar surface area (TPSA) is 72.6 Å². The van der Waals surface area contributed by atoms with Crippen LogP contribution in [0.2, 0.25) is 0 Å². The fourth-order valence-electron chi connectivity index (χ4n) is 5.56. The Morgan fingerprint density at radius 2 is 1.61 bits per heavy atom. The Kier molecular flexibility index (Phi) is 8.62. The lowest BCUT2D eigenvalue weighted by Gasteiger charge is -2.39. The van der Waals surface area contributed by atoms with E-state index in [1.54, 1.807) is 16.4 Å². The van der Waals surface area contributed by atoms with Crippen LogP contribution in [0.5, 0.6) is 0 Å². The molecule has 2 aliphatic rings. The summed E-state index contributed by atoms with van der Waals surface area (Å²) in [5.74, 6) is 0.602. The van der Waals surface area contributed by atoms with Gasteiger partial charge in [-0.1, -0.05) is 79.4 Å². The maximum absolute atomic E-state index is 13.8. The summed E-state index contributed by atoms with van der Waals surface area (Å²) in [5.41, 5.74) is 3.33. The molecule has 0 bridgehead atoms. The largest absolute Gasteiger partial charge is 0.368 e. The van der Waals surface area contributed by atoms with Crippen molar-refractivity contribution in [3.05, 3.63) is 98.2 Å². The first-order valence-electron chi connectivity index (χ1n) is 13.9. The van der Waals surface area contributed by atoms with Crippen molar-refractivity contribution in [2.75, 3.05) is 36.0 Å². The van der Waals surface area contributed by atoms with Gasteiger partial charge in [0, 0.05) is 44.0 Å². The van der Waals surface area contributed by atoms with Gasteiger partial charge in [0.2, 0.25) is 0 Å². The van der Waals surface area contributed by atoms with Gasteiger partial charge in [-0.15, -0.1) is 0 Å². The molecule has 1 atom stereocenters. The smallest absolute Gasteiger partial charge is 0.270 e. The van der Waals surface area contributed by atoms with Gasteiger partial charge < -0.3 is 9.80 Å². The van der Waals surface area contributed by atoms with Crippen LogP contribution in [0.4, 0.5) is 11.5 Å². The number of nitriles is 1. The molecule has 1 amide bonds. The fourth-order valence-corrected chi connectivity index (χ4v) is 6.96. The SMILES string of the molecule is CCCn1c(N2CCN(c3ccccc3)CC2)c(/C=C2\SC(=S)N(C(C)c3ccccc3)C2=O)c(C)c(C#N)c1=O. The number of rotatable bonds is 7. The van der Waals surface area contributed by atoms with Gasteiger partial charge in [-0.05, 0) is 49.6 Å². The average Bonchev–Trinajstić information content (AvgIpc) is 3.28. The van der Waals surface area contributed by atoms with Gasteiger partial charge >= 0.3 is 0 Å². The first kappa shape index (κ1) is 28.7. The summed E-state index contributed by atoms with van der Waals surface area (Å²) in [6.07, 6.45) is 2.58. The summed E-state index contributed by atoms with van der Waals surface area (Å²) in [6.45, 7) is 9.27. The van der Waals surface area contributed by atoms with Gasteiger partial charge in [0.05, 0.1) is 10.9 Å². The molecule has 5 rings (SSSR count). The lowest BCUT2D eigenvalue weighted by molar-refractivity contribution is -0.123. The van der Waals surface area contributed by atoms with E-state index < -0.39 is 0 Å². The summed E-state index contributed by atoms with van der Waals surface area (Å²) in [4.78, 5) is 34.0. The maximum Gasteiger partial charge on any atom is 0.270 e. The molecule has 2 aromatic carbocycles. The number of benzene rings is 2. The zero-order valence-electron chi connectivity index (χ0n) is 23.5. The highest BCUT2D eigenvalue weighted by Crippen LogP contribution is 2.40. The summed E-state index contributed by atoms with van der Waals surface area (Å²) in [6, 6.07) is 22.1. The predicted octanol–water partition coefficient (Wildman–Crippen LogP) is 5.73. The molecule has 0 saturated carbocycles. The van der Waals surface area contributed by atoms with E-state index in [0.717, 1.165) is 36.5 Å². The van der Waals surface area contributed by atoms with Crippen LogP contribution >= 0.6 is 24.0 Å². The number of nitrogens with zero attached hydrogens (tertiary/aromatic N) is 5. The second kappa shape index (κ2) is 12.3. The zero-order chi connectivity index (χ0) is 29.1. The van der Waals surface area contributed by atoms with Crippen LogP contribution in [0.1, 0.15) is 48.6 Å². The summed E-state index contributed by atoms with van der Waals surface area (Å²) in [7, 11) is 0. The van der Waals surface area contributed by atoms with E-state index in [4.69, 9.17) is 12.2 Å². The molecule has 0 N–H and O–H groups in total. The predicted molar refractivity (Wildman–Crippen MR) is 171 cm³/mol. The van der Waals surface area contributed by atoms with E-state index in [9.17, 15) is 14.9 Å².